The molecule has 6 heteroatoms. The minimum Gasteiger partial charge on any atom is -0.396 e. The van der Waals surface area contributed by atoms with E-state index in [1.165, 1.54) is 4.90 Å². The summed E-state index contributed by atoms with van der Waals surface area (Å²) in [7, 11) is 0. The largest absolute Gasteiger partial charge is 0.396 e. The summed E-state index contributed by atoms with van der Waals surface area (Å²) in [5.41, 5.74) is 1.08. The van der Waals surface area contributed by atoms with Gasteiger partial charge in [-0.05, 0) is 36.1 Å². The number of fused-ring (bicyclic) bond motifs is 1. The molecule has 0 saturated heterocycles. The first kappa shape index (κ1) is 15.5. The molecule has 0 bridgehead atoms. The van der Waals surface area contributed by atoms with Crippen LogP contribution in [0.3, 0.4) is 0 Å². The lowest BCUT2D eigenvalue weighted by atomic mass is 10.0. The van der Waals surface area contributed by atoms with Gasteiger partial charge in [0, 0.05) is 28.8 Å². The highest BCUT2D eigenvalue weighted by Crippen LogP contribution is 2.37. The molecule has 0 saturated carbocycles. The maximum absolute atomic E-state index is 11.9. The highest BCUT2D eigenvalue weighted by atomic mass is 35.5. The van der Waals surface area contributed by atoms with Crippen LogP contribution in [0.2, 0.25) is 5.02 Å². The Hall–Kier alpha value is -0.910. The van der Waals surface area contributed by atoms with Crippen LogP contribution < -0.4 is 10.6 Å². The summed E-state index contributed by atoms with van der Waals surface area (Å²) < 4.78 is 0. The SMILES string of the molecule is CC(CO)CNC(=O)NC1CCSc2ccc(Cl)cc21. The molecule has 20 heavy (non-hydrogen) atoms. The Morgan fingerprint density at radius 1 is 1.60 bits per heavy atom. The van der Waals surface area contributed by atoms with Gasteiger partial charge in [-0.2, -0.15) is 0 Å². The molecule has 2 amide bonds. The zero-order chi connectivity index (χ0) is 14.5. The smallest absolute Gasteiger partial charge is 0.315 e. The van der Waals surface area contributed by atoms with Crippen LogP contribution >= 0.6 is 23.4 Å². The minimum absolute atomic E-state index is 0.00520. The Balaban J connectivity index is 1.97. The van der Waals surface area contributed by atoms with Gasteiger partial charge in [0.15, 0.2) is 0 Å². The van der Waals surface area contributed by atoms with Crippen molar-refractivity contribution in [1.29, 1.82) is 0 Å². The topological polar surface area (TPSA) is 61.4 Å². The van der Waals surface area contributed by atoms with Crippen LogP contribution in [-0.2, 0) is 0 Å². The standard InChI is InChI=1S/C14H19ClN2O2S/c1-9(8-18)7-16-14(19)17-12-4-5-20-13-3-2-10(15)6-11(12)13/h2-3,6,9,12,18H,4-5,7-8H2,1H3,(H2,16,17,19). The fraction of sp³-hybridized carbons (Fsp3) is 0.500. The Morgan fingerprint density at radius 3 is 3.15 bits per heavy atom. The van der Waals surface area contributed by atoms with Crippen LogP contribution in [0.1, 0.15) is 24.9 Å². The number of hydrogen-bond donors (Lipinski definition) is 3. The average Bonchev–Trinajstić information content (AvgIpc) is 2.45. The van der Waals surface area contributed by atoms with Gasteiger partial charge in [0.05, 0.1) is 6.04 Å². The van der Waals surface area contributed by atoms with Gasteiger partial charge >= 0.3 is 6.03 Å². The molecule has 0 fully saturated rings. The highest BCUT2D eigenvalue weighted by molar-refractivity contribution is 7.99. The van der Waals surface area contributed by atoms with Crippen molar-refractivity contribution in [3.05, 3.63) is 28.8 Å². The van der Waals surface area contributed by atoms with Gasteiger partial charge in [0.2, 0.25) is 0 Å². The number of aliphatic hydroxyl groups excluding tert-OH is 1. The van der Waals surface area contributed by atoms with Gasteiger partial charge in [-0.1, -0.05) is 18.5 Å². The summed E-state index contributed by atoms with van der Waals surface area (Å²) in [6.45, 7) is 2.41. The van der Waals surface area contributed by atoms with Crippen molar-refractivity contribution in [3.8, 4) is 0 Å². The van der Waals surface area contributed by atoms with Gasteiger partial charge in [-0.15, -0.1) is 11.8 Å². The summed E-state index contributed by atoms with van der Waals surface area (Å²) in [6.07, 6.45) is 0.890. The minimum atomic E-state index is -0.201. The zero-order valence-electron chi connectivity index (χ0n) is 11.4. The van der Waals surface area contributed by atoms with Gasteiger partial charge < -0.3 is 15.7 Å². The van der Waals surface area contributed by atoms with E-state index in [0.29, 0.717) is 11.6 Å². The van der Waals surface area contributed by atoms with Crippen LogP contribution in [0.4, 0.5) is 4.79 Å². The van der Waals surface area contributed by atoms with E-state index < -0.39 is 0 Å². The molecule has 0 aromatic heterocycles. The molecule has 110 valence electrons. The number of halogens is 1. The number of aliphatic hydroxyl groups is 1. The predicted octanol–water partition coefficient (Wildman–Crippen LogP) is 2.80. The second-order valence-electron chi connectivity index (χ2n) is 5.01. The number of hydrogen-bond acceptors (Lipinski definition) is 3. The highest BCUT2D eigenvalue weighted by Gasteiger charge is 2.22. The van der Waals surface area contributed by atoms with E-state index >= 15 is 0 Å². The normalized spacial score (nSPS) is 19.1. The van der Waals surface area contributed by atoms with E-state index in [2.05, 4.69) is 10.6 Å². The summed E-state index contributed by atoms with van der Waals surface area (Å²) >= 11 is 7.82. The molecule has 2 atom stereocenters. The number of benzene rings is 1. The maximum atomic E-state index is 11.9. The number of urea groups is 1. The summed E-state index contributed by atoms with van der Waals surface area (Å²) in [5, 5.41) is 15.4. The van der Waals surface area contributed by atoms with Gasteiger partial charge in [0.25, 0.3) is 0 Å². The quantitative estimate of drug-likeness (QED) is 0.801. The molecular formula is C14H19ClN2O2S. The van der Waals surface area contributed by atoms with E-state index in [4.69, 9.17) is 16.7 Å². The second kappa shape index (κ2) is 7.20. The van der Waals surface area contributed by atoms with Crippen molar-refractivity contribution < 1.29 is 9.90 Å². The van der Waals surface area contributed by atoms with Crippen molar-refractivity contribution in [2.45, 2.75) is 24.3 Å². The molecule has 0 spiro atoms. The average molecular weight is 315 g/mol. The summed E-state index contributed by atoms with van der Waals surface area (Å²) in [4.78, 5) is 13.1. The first-order valence-corrected chi connectivity index (χ1v) is 8.04. The zero-order valence-corrected chi connectivity index (χ0v) is 12.9. The molecule has 1 heterocycles. The van der Waals surface area contributed by atoms with E-state index in [-0.39, 0.29) is 24.6 Å². The molecule has 0 aliphatic carbocycles. The molecule has 1 aliphatic rings. The maximum Gasteiger partial charge on any atom is 0.315 e. The van der Waals surface area contributed by atoms with E-state index in [1.54, 1.807) is 11.8 Å². The van der Waals surface area contributed by atoms with Crippen LogP contribution in [0.25, 0.3) is 0 Å². The monoisotopic (exact) mass is 314 g/mol. The van der Waals surface area contributed by atoms with E-state index in [9.17, 15) is 4.79 Å². The molecule has 2 rings (SSSR count). The third-order valence-electron chi connectivity index (χ3n) is 3.24. The lowest BCUT2D eigenvalue weighted by Gasteiger charge is -2.26. The van der Waals surface area contributed by atoms with Gasteiger partial charge in [0.1, 0.15) is 0 Å². The number of thioether (sulfide) groups is 1. The van der Waals surface area contributed by atoms with Crippen molar-refractivity contribution in [1.82, 2.24) is 10.6 Å². The van der Waals surface area contributed by atoms with Crippen molar-refractivity contribution in [3.63, 3.8) is 0 Å². The number of amides is 2. The lowest BCUT2D eigenvalue weighted by Crippen LogP contribution is -2.41. The third-order valence-corrected chi connectivity index (χ3v) is 4.60. The molecule has 1 aromatic rings. The third kappa shape index (κ3) is 4.04. The molecule has 1 aliphatic heterocycles. The first-order chi connectivity index (χ1) is 9.60. The van der Waals surface area contributed by atoms with Crippen molar-refractivity contribution in [2.24, 2.45) is 5.92 Å². The second-order valence-corrected chi connectivity index (χ2v) is 6.59. The van der Waals surface area contributed by atoms with Crippen molar-refractivity contribution >= 4 is 29.4 Å². The summed E-state index contributed by atoms with van der Waals surface area (Å²) in [5.74, 6) is 1.04. The molecule has 4 nitrogen and oxygen atoms in total. The number of carbonyl (C=O) groups is 1. The Labute approximate surface area is 128 Å². The predicted molar refractivity (Wildman–Crippen MR) is 82.3 cm³/mol. The van der Waals surface area contributed by atoms with E-state index in [0.717, 1.165) is 17.7 Å². The Morgan fingerprint density at radius 2 is 2.40 bits per heavy atom. The fourth-order valence-electron chi connectivity index (χ4n) is 2.06. The molecule has 1 aromatic carbocycles. The number of carbonyl (C=O) groups excluding carboxylic acids is 1. The van der Waals surface area contributed by atoms with Crippen LogP contribution in [0.15, 0.2) is 23.1 Å². The lowest BCUT2D eigenvalue weighted by molar-refractivity contribution is 0.219. The van der Waals surface area contributed by atoms with Gasteiger partial charge in [-0.3, -0.25) is 0 Å². The number of rotatable bonds is 4. The first-order valence-electron chi connectivity index (χ1n) is 6.67. The fourth-order valence-corrected chi connectivity index (χ4v) is 3.34. The Kier molecular flexibility index (Phi) is 5.57. The molecule has 3 N–H and O–H groups in total. The van der Waals surface area contributed by atoms with Crippen LogP contribution in [0, 0.1) is 5.92 Å². The Bertz CT molecular complexity index is 484. The van der Waals surface area contributed by atoms with Crippen molar-refractivity contribution in [2.75, 3.05) is 18.9 Å². The van der Waals surface area contributed by atoms with Crippen LogP contribution in [-0.4, -0.2) is 30.0 Å². The molecule has 0 radical (unpaired) electrons. The number of nitrogens with one attached hydrogen (secondary N) is 2. The molecular weight excluding hydrogens is 296 g/mol. The van der Waals surface area contributed by atoms with Gasteiger partial charge in [-0.25, -0.2) is 4.79 Å². The molecule has 2 unspecified atom stereocenters. The van der Waals surface area contributed by atoms with Crippen LogP contribution in [0.5, 0.6) is 0 Å². The summed E-state index contributed by atoms with van der Waals surface area (Å²) in [6, 6.07) is 5.59. The van der Waals surface area contributed by atoms with E-state index in [1.807, 2.05) is 25.1 Å².